The molecule has 0 atom stereocenters. The Kier molecular flexibility index (Phi) is 5.11. The number of aromatic nitrogens is 4. The lowest BCUT2D eigenvalue weighted by Gasteiger charge is -2.28. The number of hydrogen-bond acceptors (Lipinski definition) is 5. The maximum atomic E-state index is 4.91. The molecule has 1 aliphatic heterocycles. The molecule has 0 radical (unpaired) electrons. The second-order valence-corrected chi connectivity index (χ2v) is 8.62. The first-order chi connectivity index (χ1) is 16.3. The molecule has 2 aromatic heterocycles. The van der Waals surface area contributed by atoms with E-state index in [2.05, 4.69) is 92.2 Å². The number of anilines is 2. The van der Waals surface area contributed by atoms with Crippen molar-refractivity contribution in [2.45, 2.75) is 32.4 Å². The van der Waals surface area contributed by atoms with Gasteiger partial charge in [-0.15, -0.1) is 0 Å². The van der Waals surface area contributed by atoms with Crippen LogP contribution in [0.2, 0.25) is 0 Å². The largest absolute Gasteiger partial charge is 0.351 e. The highest BCUT2D eigenvalue weighted by molar-refractivity contribution is 5.91. The number of H-pyrrole nitrogens is 1. The lowest BCUT2D eigenvalue weighted by Crippen LogP contribution is -2.29. The Hall–Kier alpha value is -3.93. The Morgan fingerprint density at radius 2 is 1.82 bits per heavy atom. The van der Waals surface area contributed by atoms with Crippen molar-refractivity contribution in [2.75, 3.05) is 16.8 Å². The lowest BCUT2D eigenvalue weighted by atomic mass is 9.99. The molecule has 2 aromatic carbocycles. The molecule has 6 rings (SSSR count). The molecule has 0 spiro atoms. The van der Waals surface area contributed by atoms with Crippen LogP contribution < -0.4 is 10.2 Å². The number of rotatable bonds is 6. The molecule has 0 unspecified atom stereocenters. The fourth-order valence-electron chi connectivity index (χ4n) is 4.59. The Bertz CT molecular complexity index is 1330. The van der Waals surface area contributed by atoms with Crippen LogP contribution in [0.1, 0.15) is 35.2 Å². The zero-order valence-electron chi connectivity index (χ0n) is 18.5. The molecule has 0 fully saturated rings. The predicted molar refractivity (Wildman–Crippen MR) is 133 cm³/mol. The monoisotopic (exact) mass is 434 g/mol. The van der Waals surface area contributed by atoms with Crippen molar-refractivity contribution in [1.29, 1.82) is 0 Å². The van der Waals surface area contributed by atoms with E-state index >= 15 is 0 Å². The topological polar surface area (TPSA) is 69.7 Å². The molecule has 164 valence electrons. The molecular weight excluding hydrogens is 408 g/mol. The van der Waals surface area contributed by atoms with Gasteiger partial charge in [0, 0.05) is 26.1 Å². The fourth-order valence-corrected chi connectivity index (χ4v) is 4.59. The van der Waals surface area contributed by atoms with Crippen LogP contribution in [0.15, 0.2) is 72.8 Å². The van der Waals surface area contributed by atoms with Gasteiger partial charge in [-0.2, -0.15) is 15.1 Å². The van der Waals surface area contributed by atoms with Crippen LogP contribution in [-0.4, -0.2) is 26.7 Å². The zero-order valence-corrected chi connectivity index (χ0v) is 18.5. The molecule has 2 N–H and O–H groups in total. The molecule has 2 aliphatic rings. The standard InChI is InChI=1S/C27H26N6/c1-3-7-20(8-4-1)18-33-16-15-23-24-25(32-31-23)29-27(30-26(24)33)28-17-19-11-13-22(14-12-19)21-9-5-2-6-10-21/h1,3-5,7-14H,2,6,15-18H2,(H2,28,29,30,31,32). The molecule has 33 heavy (non-hydrogen) atoms. The van der Waals surface area contributed by atoms with Gasteiger partial charge in [0.15, 0.2) is 5.65 Å². The van der Waals surface area contributed by atoms with E-state index < -0.39 is 0 Å². The summed E-state index contributed by atoms with van der Waals surface area (Å²) in [7, 11) is 0. The van der Waals surface area contributed by atoms with Crippen molar-refractivity contribution in [3.05, 3.63) is 95.2 Å². The Morgan fingerprint density at radius 3 is 2.64 bits per heavy atom. The van der Waals surface area contributed by atoms with Gasteiger partial charge < -0.3 is 10.2 Å². The molecule has 4 aromatic rings. The van der Waals surface area contributed by atoms with Gasteiger partial charge in [-0.05, 0) is 35.1 Å². The van der Waals surface area contributed by atoms with Crippen LogP contribution in [0.25, 0.3) is 16.6 Å². The minimum atomic E-state index is 0.609. The highest BCUT2D eigenvalue weighted by atomic mass is 15.3. The summed E-state index contributed by atoms with van der Waals surface area (Å²) in [5, 5.41) is 12.1. The van der Waals surface area contributed by atoms with E-state index in [0.29, 0.717) is 12.5 Å². The normalized spacial score (nSPS) is 15.0. The minimum absolute atomic E-state index is 0.609. The lowest BCUT2D eigenvalue weighted by molar-refractivity contribution is 0.747. The van der Waals surface area contributed by atoms with Crippen molar-refractivity contribution in [2.24, 2.45) is 0 Å². The van der Waals surface area contributed by atoms with Crippen LogP contribution in [-0.2, 0) is 19.5 Å². The first kappa shape index (κ1) is 19.7. The molecule has 3 heterocycles. The van der Waals surface area contributed by atoms with Crippen LogP contribution in [0, 0.1) is 0 Å². The summed E-state index contributed by atoms with van der Waals surface area (Å²) in [6.45, 7) is 2.39. The average molecular weight is 435 g/mol. The molecule has 0 saturated carbocycles. The van der Waals surface area contributed by atoms with Crippen LogP contribution in [0.3, 0.4) is 0 Å². The number of benzene rings is 2. The Morgan fingerprint density at radius 1 is 0.939 bits per heavy atom. The van der Waals surface area contributed by atoms with E-state index in [1.54, 1.807) is 0 Å². The summed E-state index contributed by atoms with van der Waals surface area (Å²) < 4.78 is 0. The summed E-state index contributed by atoms with van der Waals surface area (Å²) in [5.41, 5.74) is 6.88. The highest BCUT2D eigenvalue weighted by Gasteiger charge is 2.24. The van der Waals surface area contributed by atoms with Crippen molar-refractivity contribution in [1.82, 2.24) is 20.2 Å². The Labute approximate surface area is 193 Å². The molecule has 0 amide bonds. The summed E-state index contributed by atoms with van der Waals surface area (Å²) in [6.07, 6.45) is 9.94. The smallest absolute Gasteiger partial charge is 0.227 e. The molecule has 0 bridgehead atoms. The van der Waals surface area contributed by atoms with Crippen molar-refractivity contribution in [3.8, 4) is 0 Å². The van der Waals surface area contributed by atoms with Gasteiger partial charge in [0.05, 0.1) is 11.1 Å². The van der Waals surface area contributed by atoms with E-state index in [9.17, 15) is 0 Å². The summed E-state index contributed by atoms with van der Waals surface area (Å²) >= 11 is 0. The zero-order chi connectivity index (χ0) is 22.0. The predicted octanol–water partition coefficient (Wildman–Crippen LogP) is 5.26. The second kappa shape index (κ2) is 8.54. The van der Waals surface area contributed by atoms with Crippen molar-refractivity contribution in [3.63, 3.8) is 0 Å². The third kappa shape index (κ3) is 4.00. The first-order valence-corrected chi connectivity index (χ1v) is 11.6. The first-order valence-electron chi connectivity index (χ1n) is 11.6. The van der Waals surface area contributed by atoms with Gasteiger partial charge >= 0.3 is 0 Å². The van der Waals surface area contributed by atoms with Gasteiger partial charge in [-0.3, -0.25) is 5.10 Å². The number of hydrogen-bond donors (Lipinski definition) is 2. The summed E-state index contributed by atoms with van der Waals surface area (Å²) in [4.78, 5) is 11.9. The van der Waals surface area contributed by atoms with Gasteiger partial charge in [-0.1, -0.05) is 72.8 Å². The third-order valence-electron chi connectivity index (χ3n) is 6.35. The van der Waals surface area contributed by atoms with E-state index in [1.165, 1.54) is 22.3 Å². The van der Waals surface area contributed by atoms with Gasteiger partial charge in [0.2, 0.25) is 5.95 Å². The summed E-state index contributed by atoms with van der Waals surface area (Å²) in [5.74, 6) is 1.56. The van der Waals surface area contributed by atoms with Gasteiger partial charge in [0.25, 0.3) is 0 Å². The van der Waals surface area contributed by atoms with Crippen LogP contribution >= 0.6 is 0 Å². The quantitative estimate of drug-likeness (QED) is 0.433. The molecule has 1 aliphatic carbocycles. The Balaban J connectivity index is 1.22. The second-order valence-electron chi connectivity index (χ2n) is 8.62. The van der Waals surface area contributed by atoms with Crippen LogP contribution in [0.4, 0.5) is 11.8 Å². The van der Waals surface area contributed by atoms with E-state index in [0.717, 1.165) is 54.9 Å². The molecule has 0 saturated heterocycles. The molecule has 6 heteroatoms. The number of allylic oxidation sites excluding steroid dienone is 4. The van der Waals surface area contributed by atoms with Gasteiger partial charge in [0.1, 0.15) is 5.82 Å². The number of nitrogens with one attached hydrogen (secondary N) is 2. The van der Waals surface area contributed by atoms with Gasteiger partial charge in [-0.25, -0.2) is 0 Å². The average Bonchev–Trinajstić information content (AvgIpc) is 3.30. The third-order valence-corrected chi connectivity index (χ3v) is 6.35. The highest BCUT2D eigenvalue weighted by Crippen LogP contribution is 2.32. The minimum Gasteiger partial charge on any atom is -0.351 e. The van der Waals surface area contributed by atoms with Crippen molar-refractivity contribution < 1.29 is 0 Å². The van der Waals surface area contributed by atoms with Crippen molar-refractivity contribution >= 4 is 28.4 Å². The SMILES string of the molecule is C1=CC(c2ccc(CNc3nc4c5c([nH]nc5n3)CCN4Cc3ccccc3)cc2)=CCC1. The van der Waals surface area contributed by atoms with Crippen LogP contribution in [0.5, 0.6) is 0 Å². The molecular formula is C27H26N6. The number of nitrogens with zero attached hydrogens (tertiary/aromatic N) is 4. The maximum Gasteiger partial charge on any atom is 0.227 e. The molecule has 6 nitrogen and oxygen atoms in total. The van der Waals surface area contributed by atoms with E-state index in [4.69, 9.17) is 4.98 Å². The maximum absolute atomic E-state index is 4.91. The number of aromatic amines is 1. The van der Waals surface area contributed by atoms with E-state index in [-0.39, 0.29) is 0 Å². The summed E-state index contributed by atoms with van der Waals surface area (Å²) in [6, 6.07) is 19.2. The fraction of sp³-hybridized carbons (Fsp3) is 0.222. The van der Waals surface area contributed by atoms with E-state index in [1.807, 2.05) is 6.07 Å².